The summed E-state index contributed by atoms with van der Waals surface area (Å²) in [6, 6.07) is 0. The number of hydrogen-bond acceptors (Lipinski definition) is 3. The molecule has 1 fully saturated rings. The Balaban J connectivity index is 2.19. The van der Waals surface area contributed by atoms with Crippen molar-refractivity contribution < 1.29 is 30.1 Å². The van der Waals surface area contributed by atoms with Crippen LogP contribution in [-0.2, 0) is 19.7 Å². The number of alkyl halides is 4. The topological polar surface area (TPSA) is 35.5 Å². The fraction of sp³-hybridized carbons (Fsp3) is 1.00. The fourth-order valence-electron chi connectivity index (χ4n) is 1.37. The minimum Gasteiger partial charge on any atom is -0.265 e. The summed E-state index contributed by atoms with van der Waals surface area (Å²) < 4.78 is 67.3. The summed E-state index contributed by atoms with van der Waals surface area (Å²) in [7, 11) is 0. The van der Waals surface area contributed by atoms with Crippen molar-refractivity contribution in [2.45, 2.75) is 44.1 Å². The van der Waals surface area contributed by atoms with Gasteiger partial charge in [0.25, 0.3) is 0 Å². The lowest BCUT2D eigenvalue weighted by atomic mass is 9.96. The van der Waals surface area contributed by atoms with Gasteiger partial charge >= 0.3 is 17.5 Å². The van der Waals surface area contributed by atoms with Gasteiger partial charge in [-0.2, -0.15) is 17.4 Å². The SMILES string of the molecule is O=S(OCC(F)(F)F)OC1CCC(F)CC1. The molecule has 0 aromatic rings. The zero-order valence-corrected chi connectivity index (χ0v) is 9.15. The molecule has 0 bridgehead atoms. The van der Waals surface area contributed by atoms with E-state index in [4.69, 9.17) is 4.18 Å². The maximum absolute atomic E-state index is 12.7. The zero-order valence-electron chi connectivity index (χ0n) is 8.34. The molecule has 0 radical (unpaired) electrons. The van der Waals surface area contributed by atoms with E-state index in [9.17, 15) is 21.8 Å². The summed E-state index contributed by atoms with van der Waals surface area (Å²) in [5.74, 6) is 0. The summed E-state index contributed by atoms with van der Waals surface area (Å²) in [5.41, 5.74) is 0. The first kappa shape index (κ1) is 13.9. The Bertz CT molecular complexity index is 238. The van der Waals surface area contributed by atoms with Gasteiger partial charge in [0.2, 0.25) is 0 Å². The van der Waals surface area contributed by atoms with Gasteiger partial charge < -0.3 is 0 Å². The quantitative estimate of drug-likeness (QED) is 0.732. The van der Waals surface area contributed by atoms with Crippen molar-refractivity contribution >= 4 is 11.4 Å². The summed E-state index contributed by atoms with van der Waals surface area (Å²) in [4.78, 5) is 0. The van der Waals surface area contributed by atoms with Crippen LogP contribution in [-0.4, -0.2) is 29.3 Å². The second kappa shape index (κ2) is 5.92. The van der Waals surface area contributed by atoms with E-state index in [0.717, 1.165) is 0 Å². The molecule has 1 rings (SSSR count). The number of halogens is 4. The van der Waals surface area contributed by atoms with Gasteiger partial charge in [0.1, 0.15) is 6.17 Å². The lowest BCUT2D eigenvalue weighted by Gasteiger charge is -2.22. The van der Waals surface area contributed by atoms with Crippen LogP contribution in [0.2, 0.25) is 0 Å². The van der Waals surface area contributed by atoms with Crippen molar-refractivity contribution in [1.29, 1.82) is 0 Å². The van der Waals surface area contributed by atoms with Gasteiger partial charge in [0.05, 0.1) is 6.10 Å². The van der Waals surface area contributed by atoms with E-state index in [1.165, 1.54) is 0 Å². The minimum absolute atomic E-state index is 0.279. The van der Waals surface area contributed by atoms with E-state index in [0.29, 0.717) is 12.8 Å². The number of rotatable bonds is 4. The highest BCUT2D eigenvalue weighted by Gasteiger charge is 2.30. The first-order valence-corrected chi connectivity index (χ1v) is 5.80. The fourth-order valence-corrected chi connectivity index (χ4v) is 2.07. The maximum atomic E-state index is 12.7. The second-order valence-electron chi connectivity index (χ2n) is 3.55. The van der Waals surface area contributed by atoms with Gasteiger partial charge in [0.15, 0.2) is 6.61 Å². The summed E-state index contributed by atoms with van der Waals surface area (Å²) in [5, 5.41) is 0. The van der Waals surface area contributed by atoms with Crippen molar-refractivity contribution in [3.63, 3.8) is 0 Å². The van der Waals surface area contributed by atoms with E-state index in [1.807, 2.05) is 0 Å². The van der Waals surface area contributed by atoms with Crippen LogP contribution < -0.4 is 0 Å². The lowest BCUT2D eigenvalue weighted by molar-refractivity contribution is -0.153. The molecule has 1 aliphatic carbocycles. The molecule has 8 heteroatoms. The molecule has 0 aromatic heterocycles. The zero-order chi connectivity index (χ0) is 12.2. The summed E-state index contributed by atoms with van der Waals surface area (Å²) in [6.07, 6.45) is -4.66. The molecule has 3 nitrogen and oxygen atoms in total. The van der Waals surface area contributed by atoms with Crippen LogP contribution in [0.5, 0.6) is 0 Å². The van der Waals surface area contributed by atoms with Crippen LogP contribution in [0, 0.1) is 0 Å². The highest BCUT2D eigenvalue weighted by Crippen LogP contribution is 2.24. The standard InChI is InChI=1S/C8H12F4O3S/c9-6-1-3-7(4-2-6)15-16(13)14-5-8(10,11)12/h6-7H,1-5H2. The normalized spacial score (nSPS) is 29.0. The first-order valence-electron chi connectivity index (χ1n) is 4.80. The molecule has 0 aromatic carbocycles. The predicted molar refractivity (Wildman–Crippen MR) is 48.4 cm³/mol. The molecule has 96 valence electrons. The first-order chi connectivity index (χ1) is 7.37. The minimum atomic E-state index is -4.53. The molecule has 1 aliphatic rings. The van der Waals surface area contributed by atoms with Gasteiger partial charge in [-0.25, -0.2) is 4.39 Å². The monoisotopic (exact) mass is 264 g/mol. The molecule has 1 saturated carbocycles. The van der Waals surface area contributed by atoms with Crippen molar-refractivity contribution in [3.8, 4) is 0 Å². The average Bonchev–Trinajstić information content (AvgIpc) is 2.18. The Morgan fingerprint density at radius 3 is 2.25 bits per heavy atom. The molecule has 0 heterocycles. The van der Waals surface area contributed by atoms with Gasteiger partial charge in [-0.1, -0.05) is 0 Å². The Labute approximate surface area is 93.0 Å². The highest BCUT2D eigenvalue weighted by atomic mass is 32.2. The molecule has 0 N–H and O–H groups in total. The van der Waals surface area contributed by atoms with Crippen LogP contribution in [0.15, 0.2) is 0 Å². The van der Waals surface area contributed by atoms with Crippen LogP contribution in [0.4, 0.5) is 17.6 Å². The largest absolute Gasteiger partial charge is 0.413 e. The molecular formula is C8H12F4O3S. The van der Waals surface area contributed by atoms with Crippen molar-refractivity contribution in [1.82, 2.24) is 0 Å². The molecule has 0 amide bonds. The van der Waals surface area contributed by atoms with E-state index in [-0.39, 0.29) is 12.8 Å². The van der Waals surface area contributed by atoms with Gasteiger partial charge in [-0.15, -0.1) is 0 Å². The summed E-state index contributed by atoms with van der Waals surface area (Å²) >= 11 is -2.42. The van der Waals surface area contributed by atoms with Crippen LogP contribution in [0.25, 0.3) is 0 Å². The third kappa shape index (κ3) is 5.76. The molecule has 0 spiro atoms. The smallest absolute Gasteiger partial charge is 0.265 e. The Morgan fingerprint density at radius 2 is 1.75 bits per heavy atom. The van der Waals surface area contributed by atoms with Crippen molar-refractivity contribution in [2.75, 3.05) is 6.61 Å². The average molecular weight is 264 g/mol. The third-order valence-electron chi connectivity index (χ3n) is 2.14. The summed E-state index contributed by atoms with van der Waals surface area (Å²) in [6.45, 7) is -1.61. The highest BCUT2D eigenvalue weighted by molar-refractivity contribution is 7.75. The lowest BCUT2D eigenvalue weighted by Crippen LogP contribution is -2.25. The molecule has 0 saturated heterocycles. The second-order valence-corrected chi connectivity index (χ2v) is 4.39. The Kier molecular flexibility index (Phi) is 5.13. The Morgan fingerprint density at radius 1 is 1.19 bits per heavy atom. The van der Waals surface area contributed by atoms with Crippen LogP contribution in [0.3, 0.4) is 0 Å². The van der Waals surface area contributed by atoms with Gasteiger partial charge in [0, 0.05) is 0 Å². The Hall–Kier alpha value is -0.210. The van der Waals surface area contributed by atoms with E-state index >= 15 is 0 Å². The third-order valence-corrected chi connectivity index (χ3v) is 2.88. The van der Waals surface area contributed by atoms with Gasteiger partial charge in [-0.3, -0.25) is 8.37 Å². The van der Waals surface area contributed by atoms with E-state index in [1.54, 1.807) is 0 Å². The maximum Gasteiger partial charge on any atom is 0.413 e. The van der Waals surface area contributed by atoms with Crippen LogP contribution >= 0.6 is 0 Å². The van der Waals surface area contributed by atoms with Crippen LogP contribution in [0.1, 0.15) is 25.7 Å². The molecule has 1 atom stereocenters. The van der Waals surface area contributed by atoms with Crippen molar-refractivity contribution in [3.05, 3.63) is 0 Å². The number of hydrogen-bond donors (Lipinski definition) is 0. The predicted octanol–water partition coefficient (Wildman–Crippen LogP) is 2.44. The molecular weight excluding hydrogens is 252 g/mol. The van der Waals surface area contributed by atoms with Crippen molar-refractivity contribution in [2.24, 2.45) is 0 Å². The van der Waals surface area contributed by atoms with E-state index < -0.39 is 36.4 Å². The molecule has 1 unspecified atom stereocenters. The molecule has 0 aliphatic heterocycles. The van der Waals surface area contributed by atoms with E-state index in [2.05, 4.69) is 4.18 Å². The molecule has 16 heavy (non-hydrogen) atoms. The van der Waals surface area contributed by atoms with Gasteiger partial charge in [-0.05, 0) is 25.7 Å².